The van der Waals surface area contributed by atoms with E-state index in [0.29, 0.717) is 32.8 Å². The zero-order chi connectivity index (χ0) is 21.0. The summed E-state index contributed by atoms with van der Waals surface area (Å²) in [6, 6.07) is 10.5. The molecule has 0 amide bonds. The summed E-state index contributed by atoms with van der Waals surface area (Å²) in [7, 11) is 6.08. The summed E-state index contributed by atoms with van der Waals surface area (Å²) in [4.78, 5) is 17.6. The first kappa shape index (κ1) is 20.3. The number of benzene rings is 2. The Bertz CT molecular complexity index is 992. The lowest BCUT2D eigenvalue weighted by Crippen LogP contribution is -2.05. The predicted octanol–water partition coefficient (Wildman–Crippen LogP) is 3.73. The SMILES string of the molecule is COc1ccc(Nc2nc(N)c(C(=O)c3cc(OC)c(OC)c(OC)c3)s2)cc1. The van der Waals surface area contributed by atoms with Crippen molar-refractivity contribution in [3.8, 4) is 23.0 Å². The van der Waals surface area contributed by atoms with Crippen LogP contribution in [0.1, 0.15) is 15.2 Å². The Kier molecular flexibility index (Phi) is 6.08. The second kappa shape index (κ2) is 8.70. The molecule has 3 aromatic rings. The Hall–Kier alpha value is -3.46. The first-order valence-electron chi connectivity index (χ1n) is 8.52. The van der Waals surface area contributed by atoms with E-state index < -0.39 is 0 Å². The van der Waals surface area contributed by atoms with E-state index in [2.05, 4.69) is 10.3 Å². The molecule has 0 fully saturated rings. The molecule has 0 aliphatic carbocycles. The maximum atomic E-state index is 13.0. The lowest BCUT2D eigenvalue weighted by atomic mass is 10.1. The number of nitrogens with two attached hydrogens (primary N) is 1. The average Bonchev–Trinajstić information content (AvgIpc) is 3.12. The third-order valence-electron chi connectivity index (χ3n) is 4.13. The zero-order valence-electron chi connectivity index (χ0n) is 16.4. The number of nitrogens with one attached hydrogen (secondary N) is 1. The highest BCUT2D eigenvalue weighted by molar-refractivity contribution is 7.18. The van der Waals surface area contributed by atoms with E-state index in [0.717, 1.165) is 22.8 Å². The van der Waals surface area contributed by atoms with Gasteiger partial charge >= 0.3 is 0 Å². The van der Waals surface area contributed by atoms with Gasteiger partial charge in [0.25, 0.3) is 0 Å². The summed E-state index contributed by atoms with van der Waals surface area (Å²) in [5.41, 5.74) is 7.16. The van der Waals surface area contributed by atoms with Gasteiger partial charge in [-0.15, -0.1) is 0 Å². The number of nitrogens with zero attached hydrogens (tertiary/aromatic N) is 1. The van der Waals surface area contributed by atoms with Crippen molar-refractivity contribution >= 4 is 33.8 Å². The summed E-state index contributed by atoms with van der Waals surface area (Å²) in [6.07, 6.45) is 0. The molecule has 0 atom stereocenters. The fourth-order valence-corrected chi connectivity index (χ4v) is 3.56. The van der Waals surface area contributed by atoms with Crippen LogP contribution in [0.15, 0.2) is 36.4 Å². The van der Waals surface area contributed by atoms with Gasteiger partial charge in [-0.3, -0.25) is 4.79 Å². The van der Waals surface area contributed by atoms with Crippen LogP contribution in [0.25, 0.3) is 0 Å². The number of methoxy groups -OCH3 is 4. The van der Waals surface area contributed by atoms with Crippen molar-refractivity contribution in [2.24, 2.45) is 0 Å². The van der Waals surface area contributed by atoms with Gasteiger partial charge in [-0.1, -0.05) is 11.3 Å². The summed E-state index contributed by atoms with van der Waals surface area (Å²) < 4.78 is 21.1. The van der Waals surface area contributed by atoms with Crippen molar-refractivity contribution in [3.63, 3.8) is 0 Å². The van der Waals surface area contributed by atoms with E-state index in [1.165, 1.54) is 21.3 Å². The van der Waals surface area contributed by atoms with Crippen LogP contribution in [-0.4, -0.2) is 39.2 Å². The largest absolute Gasteiger partial charge is 0.497 e. The number of ether oxygens (including phenoxy) is 4. The summed E-state index contributed by atoms with van der Waals surface area (Å²) in [5.74, 6) is 1.77. The minimum atomic E-state index is -0.290. The predicted molar refractivity (Wildman–Crippen MR) is 112 cm³/mol. The summed E-state index contributed by atoms with van der Waals surface area (Å²) >= 11 is 1.16. The molecule has 0 unspecified atom stereocenters. The molecular weight excluding hydrogens is 394 g/mol. The molecule has 152 valence electrons. The number of ketones is 1. The van der Waals surface area contributed by atoms with E-state index in [9.17, 15) is 4.79 Å². The number of aromatic nitrogens is 1. The van der Waals surface area contributed by atoms with E-state index in [-0.39, 0.29) is 11.6 Å². The number of thiazole rings is 1. The van der Waals surface area contributed by atoms with Crippen LogP contribution < -0.4 is 30.0 Å². The molecule has 3 N–H and O–H groups in total. The van der Waals surface area contributed by atoms with E-state index in [1.54, 1.807) is 19.2 Å². The second-order valence-electron chi connectivity index (χ2n) is 5.83. The molecule has 3 rings (SSSR count). The smallest absolute Gasteiger partial charge is 0.207 e. The fourth-order valence-electron chi connectivity index (χ4n) is 2.69. The van der Waals surface area contributed by atoms with Gasteiger partial charge in [0, 0.05) is 11.3 Å². The van der Waals surface area contributed by atoms with Gasteiger partial charge in [0.1, 0.15) is 16.4 Å². The van der Waals surface area contributed by atoms with Crippen LogP contribution >= 0.6 is 11.3 Å². The molecule has 0 aliphatic rings. The molecule has 0 bridgehead atoms. The highest BCUT2D eigenvalue weighted by Crippen LogP contribution is 2.39. The first-order chi connectivity index (χ1) is 14.0. The third kappa shape index (κ3) is 4.19. The normalized spacial score (nSPS) is 10.3. The van der Waals surface area contributed by atoms with Crippen LogP contribution in [0.5, 0.6) is 23.0 Å². The molecule has 1 aromatic heterocycles. The number of nitrogen functional groups attached to an aromatic ring is 1. The quantitative estimate of drug-likeness (QED) is 0.536. The van der Waals surface area contributed by atoms with Crippen LogP contribution in [0.2, 0.25) is 0 Å². The minimum absolute atomic E-state index is 0.143. The molecule has 0 aliphatic heterocycles. The van der Waals surface area contributed by atoms with Crippen molar-refractivity contribution in [1.29, 1.82) is 0 Å². The monoisotopic (exact) mass is 415 g/mol. The number of hydrogen-bond donors (Lipinski definition) is 2. The lowest BCUT2D eigenvalue weighted by molar-refractivity contribution is 0.104. The van der Waals surface area contributed by atoms with E-state index in [4.69, 9.17) is 24.7 Å². The Morgan fingerprint density at radius 3 is 2.10 bits per heavy atom. The van der Waals surface area contributed by atoms with E-state index >= 15 is 0 Å². The third-order valence-corrected chi connectivity index (χ3v) is 5.11. The van der Waals surface area contributed by atoms with Crippen molar-refractivity contribution in [1.82, 2.24) is 4.98 Å². The summed E-state index contributed by atoms with van der Waals surface area (Å²) in [5, 5.41) is 3.64. The van der Waals surface area contributed by atoms with Gasteiger partial charge in [0.2, 0.25) is 11.5 Å². The van der Waals surface area contributed by atoms with Gasteiger partial charge in [-0.05, 0) is 36.4 Å². The average molecular weight is 415 g/mol. The topological polar surface area (TPSA) is 105 Å². The number of carbonyl (C=O) groups excluding carboxylic acids is 1. The maximum Gasteiger partial charge on any atom is 0.207 e. The van der Waals surface area contributed by atoms with E-state index in [1.807, 2.05) is 24.3 Å². The van der Waals surface area contributed by atoms with Gasteiger partial charge in [-0.25, -0.2) is 4.98 Å². The highest BCUT2D eigenvalue weighted by atomic mass is 32.1. The molecule has 0 spiro atoms. The fraction of sp³-hybridized carbons (Fsp3) is 0.200. The van der Waals surface area contributed by atoms with Gasteiger partial charge in [0.05, 0.1) is 28.4 Å². The standard InChI is InChI=1S/C20H21N3O5S/c1-25-13-7-5-12(6-8-13)22-20-23-19(21)18(29-20)16(24)11-9-14(26-2)17(28-4)15(10-11)27-3/h5-10H,21H2,1-4H3,(H,22,23). The molecule has 2 aromatic carbocycles. The van der Waals surface area contributed by atoms with Gasteiger partial charge < -0.3 is 30.0 Å². The molecule has 0 saturated heterocycles. The Labute approximate surface area is 172 Å². The second-order valence-corrected chi connectivity index (χ2v) is 6.83. The molecule has 0 radical (unpaired) electrons. The minimum Gasteiger partial charge on any atom is -0.497 e. The molecule has 9 heteroatoms. The molecular formula is C20H21N3O5S. The number of hydrogen-bond acceptors (Lipinski definition) is 9. The van der Waals surface area contributed by atoms with Crippen LogP contribution in [0.3, 0.4) is 0 Å². The lowest BCUT2D eigenvalue weighted by Gasteiger charge is -2.13. The molecule has 8 nitrogen and oxygen atoms in total. The Morgan fingerprint density at radius 2 is 1.59 bits per heavy atom. The Balaban J connectivity index is 1.90. The van der Waals surface area contributed by atoms with Crippen molar-refractivity contribution in [2.45, 2.75) is 0 Å². The van der Waals surface area contributed by atoms with Crippen LogP contribution in [0, 0.1) is 0 Å². The first-order valence-corrected chi connectivity index (χ1v) is 9.34. The van der Waals surface area contributed by atoms with Crippen molar-refractivity contribution in [3.05, 3.63) is 46.8 Å². The number of rotatable bonds is 8. The van der Waals surface area contributed by atoms with Gasteiger partial charge in [0.15, 0.2) is 16.6 Å². The summed E-state index contributed by atoms with van der Waals surface area (Å²) in [6.45, 7) is 0. The van der Waals surface area contributed by atoms with Crippen LogP contribution in [-0.2, 0) is 0 Å². The van der Waals surface area contributed by atoms with Crippen molar-refractivity contribution < 1.29 is 23.7 Å². The highest BCUT2D eigenvalue weighted by Gasteiger charge is 2.22. The van der Waals surface area contributed by atoms with Gasteiger partial charge in [-0.2, -0.15) is 0 Å². The molecule has 0 saturated carbocycles. The maximum absolute atomic E-state index is 13.0. The molecule has 1 heterocycles. The Morgan fingerprint density at radius 1 is 0.966 bits per heavy atom. The molecule has 29 heavy (non-hydrogen) atoms. The van der Waals surface area contributed by atoms with Crippen LogP contribution in [0.4, 0.5) is 16.6 Å². The number of carbonyl (C=O) groups is 1. The number of anilines is 3. The van der Waals surface area contributed by atoms with Crippen molar-refractivity contribution in [2.75, 3.05) is 39.5 Å². The zero-order valence-corrected chi connectivity index (χ0v) is 17.3.